The van der Waals surface area contributed by atoms with Crippen LogP contribution in [0.2, 0.25) is 0 Å². The number of carbonyl (C=O) groups is 1. The zero-order valence-electron chi connectivity index (χ0n) is 11.7. The van der Waals surface area contributed by atoms with E-state index in [1.54, 1.807) is 0 Å². The van der Waals surface area contributed by atoms with Gasteiger partial charge in [-0.1, -0.05) is 19.3 Å². The maximum Gasteiger partial charge on any atom is 0.318 e. The van der Waals surface area contributed by atoms with Gasteiger partial charge in [-0.05, 0) is 39.5 Å². The minimum Gasteiger partial charge on any atom is -0.335 e. The van der Waals surface area contributed by atoms with E-state index in [9.17, 15) is 4.79 Å². The minimum atomic E-state index is -0.0609. The van der Waals surface area contributed by atoms with Gasteiger partial charge in [0.15, 0.2) is 0 Å². The third-order valence-electron chi connectivity index (χ3n) is 4.45. The fraction of sp³-hybridized carbons (Fsp3) is 0.929. The molecule has 1 saturated carbocycles. The summed E-state index contributed by atoms with van der Waals surface area (Å²) in [5, 5.41) is 3.20. The molecule has 0 aromatic heterocycles. The number of nitrogens with one attached hydrogen (secondary N) is 1. The molecule has 4 nitrogen and oxygen atoms in total. The van der Waals surface area contributed by atoms with Crippen LogP contribution in [0.1, 0.15) is 58.8 Å². The summed E-state index contributed by atoms with van der Waals surface area (Å²) in [7, 11) is 0. The Morgan fingerprint density at radius 3 is 2.56 bits per heavy atom. The number of carbonyl (C=O) groups excluding carboxylic acids is 1. The lowest BCUT2D eigenvalue weighted by Gasteiger charge is -2.45. The van der Waals surface area contributed by atoms with Gasteiger partial charge >= 0.3 is 6.03 Å². The smallest absolute Gasteiger partial charge is 0.318 e. The fourth-order valence-corrected chi connectivity index (χ4v) is 3.10. The van der Waals surface area contributed by atoms with Crippen molar-refractivity contribution >= 4 is 6.03 Å². The van der Waals surface area contributed by atoms with Gasteiger partial charge in [-0.25, -0.2) is 4.79 Å². The zero-order chi connectivity index (χ0) is 13.2. The van der Waals surface area contributed by atoms with Gasteiger partial charge in [0.05, 0.1) is 0 Å². The van der Waals surface area contributed by atoms with Crippen molar-refractivity contribution in [2.24, 2.45) is 5.73 Å². The molecule has 1 heterocycles. The van der Waals surface area contributed by atoms with Crippen molar-refractivity contribution in [2.45, 2.75) is 76.4 Å². The molecular formula is C14H27N3O. The lowest BCUT2D eigenvalue weighted by atomic mass is 9.88. The first-order valence-corrected chi connectivity index (χ1v) is 7.33. The summed E-state index contributed by atoms with van der Waals surface area (Å²) < 4.78 is 0. The number of amides is 2. The molecule has 1 saturated heterocycles. The fourth-order valence-electron chi connectivity index (χ4n) is 3.10. The van der Waals surface area contributed by atoms with Gasteiger partial charge in [0.2, 0.25) is 0 Å². The van der Waals surface area contributed by atoms with E-state index in [1.165, 1.54) is 19.3 Å². The Morgan fingerprint density at radius 1 is 1.22 bits per heavy atom. The van der Waals surface area contributed by atoms with Crippen LogP contribution < -0.4 is 11.1 Å². The number of nitrogens with two attached hydrogens (primary N) is 1. The van der Waals surface area contributed by atoms with Gasteiger partial charge in [-0.3, -0.25) is 0 Å². The molecule has 0 spiro atoms. The van der Waals surface area contributed by atoms with Crippen molar-refractivity contribution in [2.75, 3.05) is 6.54 Å². The number of hydrogen-bond donors (Lipinski definition) is 2. The second kappa shape index (κ2) is 5.47. The van der Waals surface area contributed by atoms with Gasteiger partial charge in [-0.15, -0.1) is 0 Å². The van der Waals surface area contributed by atoms with Crippen molar-refractivity contribution in [1.29, 1.82) is 0 Å². The van der Waals surface area contributed by atoms with E-state index < -0.39 is 0 Å². The van der Waals surface area contributed by atoms with E-state index in [4.69, 9.17) is 5.73 Å². The van der Waals surface area contributed by atoms with E-state index >= 15 is 0 Å². The maximum atomic E-state index is 12.4. The number of rotatable bonds is 1. The highest BCUT2D eigenvalue weighted by molar-refractivity contribution is 5.75. The second-order valence-electron chi connectivity index (χ2n) is 6.51. The molecular weight excluding hydrogens is 226 g/mol. The number of piperidine rings is 1. The van der Waals surface area contributed by atoms with E-state index in [-0.39, 0.29) is 17.6 Å². The number of urea groups is 1. The second-order valence-corrected chi connectivity index (χ2v) is 6.51. The van der Waals surface area contributed by atoms with Gasteiger partial charge in [0, 0.05) is 24.2 Å². The van der Waals surface area contributed by atoms with E-state index in [2.05, 4.69) is 19.2 Å². The van der Waals surface area contributed by atoms with Gasteiger partial charge in [0.25, 0.3) is 0 Å². The minimum absolute atomic E-state index is 0.0609. The maximum absolute atomic E-state index is 12.4. The quantitative estimate of drug-likeness (QED) is 0.753. The largest absolute Gasteiger partial charge is 0.335 e. The lowest BCUT2D eigenvalue weighted by molar-refractivity contribution is 0.0900. The normalized spacial score (nSPS) is 29.1. The molecule has 2 aliphatic rings. The summed E-state index contributed by atoms with van der Waals surface area (Å²) >= 11 is 0. The highest BCUT2D eigenvalue weighted by Gasteiger charge is 2.36. The van der Waals surface area contributed by atoms with E-state index in [1.807, 2.05) is 4.90 Å². The molecule has 2 rings (SSSR count). The highest BCUT2D eigenvalue weighted by Crippen LogP contribution is 2.27. The molecule has 1 aliphatic heterocycles. The highest BCUT2D eigenvalue weighted by atomic mass is 16.2. The first-order chi connectivity index (χ1) is 8.49. The third-order valence-corrected chi connectivity index (χ3v) is 4.45. The van der Waals surface area contributed by atoms with Gasteiger partial charge in [0.1, 0.15) is 0 Å². The first-order valence-electron chi connectivity index (χ1n) is 7.33. The van der Waals surface area contributed by atoms with Crippen LogP contribution in [0.4, 0.5) is 4.79 Å². The number of hydrogen-bond acceptors (Lipinski definition) is 2. The molecule has 1 unspecified atom stereocenters. The lowest BCUT2D eigenvalue weighted by Crippen LogP contribution is -2.60. The Labute approximate surface area is 110 Å². The summed E-state index contributed by atoms with van der Waals surface area (Å²) in [6.07, 6.45) is 8.07. The molecule has 3 N–H and O–H groups in total. The molecule has 0 bridgehead atoms. The summed E-state index contributed by atoms with van der Waals surface area (Å²) in [4.78, 5) is 14.3. The van der Waals surface area contributed by atoms with Crippen molar-refractivity contribution in [3.05, 3.63) is 0 Å². The summed E-state index contributed by atoms with van der Waals surface area (Å²) in [6.45, 7) is 4.96. The van der Waals surface area contributed by atoms with Crippen molar-refractivity contribution in [3.8, 4) is 0 Å². The third kappa shape index (κ3) is 3.16. The standard InChI is InChI=1S/C14H27N3O/c1-14(2)9-8-11(15)10-17(14)13(18)16-12-6-4-3-5-7-12/h11-12H,3-10,15H2,1-2H3,(H,16,18). The Bertz CT molecular complexity index is 297. The van der Waals surface area contributed by atoms with Crippen molar-refractivity contribution in [1.82, 2.24) is 10.2 Å². The number of likely N-dealkylation sites (tertiary alicyclic amines) is 1. The summed E-state index contributed by atoms with van der Waals surface area (Å²) in [6, 6.07) is 0.595. The molecule has 0 aromatic rings. The Balaban J connectivity index is 1.93. The predicted molar refractivity (Wildman–Crippen MR) is 73.4 cm³/mol. The average molecular weight is 253 g/mol. The molecule has 18 heavy (non-hydrogen) atoms. The van der Waals surface area contributed by atoms with Gasteiger partial charge in [-0.2, -0.15) is 0 Å². The van der Waals surface area contributed by atoms with Crippen LogP contribution in [0, 0.1) is 0 Å². The Kier molecular flexibility index (Phi) is 4.15. The Morgan fingerprint density at radius 2 is 1.89 bits per heavy atom. The first kappa shape index (κ1) is 13.7. The zero-order valence-corrected chi connectivity index (χ0v) is 11.7. The van der Waals surface area contributed by atoms with Crippen molar-refractivity contribution in [3.63, 3.8) is 0 Å². The molecule has 104 valence electrons. The Hall–Kier alpha value is -0.770. The topological polar surface area (TPSA) is 58.4 Å². The van der Waals surface area contributed by atoms with Crippen LogP contribution in [0.15, 0.2) is 0 Å². The van der Waals surface area contributed by atoms with Crippen LogP contribution in [0.25, 0.3) is 0 Å². The van der Waals surface area contributed by atoms with E-state index in [0.717, 1.165) is 25.7 Å². The SMILES string of the molecule is CC1(C)CCC(N)CN1C(=O)NC1CCCCC1. The molecule has 1 atom stereocenters. The summed E-state index contributed by atoms with van der Waals surface area (Å²) in [5.41, 5.74) is 5.93. The average Bonchev–Trinajstić information content (AvgIpc) is 2.33. The van der Waals surface area contributed by atoms with Gasteiger partial charge < -0.3 is 16.0 Å². The number of nitrogens with zero attached hydrogens (tertiary/aromatic N) is 1. The predicted octanol–water partition coefficient (Wildman–Crippen LogP) is 2.23. The van der Waals surface area contributed by atoms with Crippen LogP contribution in [-0.4, -0.2) is 35.1 Å². The molecule has 0 aromatic carbocycles. The van der Waals surface area contributed by atoms with Crippen LogP contribution in [0.3, 0.4) is 0 Å². The summed E-state index contributed by atoms with van der Waals surface area (Å²) in [5.74, 6) is 0. The van der Waals surface area contributed by atoms with Crippen molar-refractivity contribution < 1.29 is 4.79 Å². The molecule has 2 amide bonds. The molecule has 4 heteroatoms. The van der Waals surface area contributed by atoms with Crippen LogP contribution in [-0.2, 0) is 0 Å². The molecule has 0 radical (unpaired) electrons. The monoisotopic (exact) mass is 253 g/mol. The van der Waals surface area contributed by atoms with Crippen LogP contribution >= 0.6 is 0 Å². The van der Waals surface area contributed by atoms with Crippen LogP contribution in [0.5, 0.6) is 0 Å². The molecule has 2 fully saturated rings. The molecule has 1 aliphatic carbocycles. The van der Waals surface area contributed by atoms with E-state index in [0.29, 0.717) is 12.6 Å².